The minimum atomic E-state index is -3.97. The second-order valence-electron chi connectivity index (χ2n) is 7.51. The molecule has 0 spiro atoms. The lowest BCUT2D eigenvalue weighted by Gasteiger charge is -2.19. The van der Waals surface area contributed by atoms with Crippen LogP contribution in [0.3, 0.4) is 0 Å². The van der Waals surface area contributed by atoms with Gasteiger partial charge in [-0.25, -0.2) is 12.8 Å². The molecular weight excluding hydrogens is 467 g/mol. The summed E-state index contributed by atoms with van der Waals surface area (Å²) < 4.78 is 40.3. The number of nitrogens with one attached hydrogen (secondary N) is 1. The average Bonchev–Trinajstić information content (AvgIpc) is 3.39. The highest BCUT2D eigenvalue weighted by molar-refractivity contribution is 7.91. The van der Waals surface area contributed by atoms with Crippen LogP contribution >= 0.6 is 11.3 Å². The Morgan fingerprint density at radius 3 is 2.30 bits per heavy atom. The molecule has 0 unspecified atom stereocenters. The molecule has 33 heavy (non-hydrogen) atoms. The largest absolute Gasteiger partial charge is 0.353 e. The van der Waals surface area contributed by atoms with Crippen LogP contribution in [0.5, 0.6) is 0 Å². The lowest BCUT2D eigenvalue weighted by molar-refractivity contribution is -0.121. The number of carbonyl (C=O) groups is 3. The first-order valence-corrected chi connectivity index (χ1v) is 12.4. The van der Waals surface area contributed by atoms with Crippen LogP contribution in [0.15, 0.2) is 64.9 Å². The van der Waals surface area contributed by atoms with E-state index in [0.717, 1.165) is 11.0 Å². The van der Waals surface area contributed by atoms with Gasteiger partial charge >= 0.3 is 0 Å². The van der Waals surface area contributed by atoms with Crippen LogP contribution in [0.2, 0.25) is 0 Å². The molecule has 2 aromatic carbocycles. The number of benzene rings is 2. The maximum absolute atomic E-state index is 13.7. The molecule has 1 N–H and O–H groups in total. The fourth-order valence-corrected chi connectivity index (χ4v) is 6.45. The minimum Gasteiger partial charge on any atom is -0.353 e. The number of hydrogen-bond acceptors (Lipinski definition) is 6. The Morgan fingerprint density at radius 1 is 1.06 bits per heavy atom. The van der Waals surface area contributed by atoms with Gasteiger partial charge in [0.2, 0.25) is 5.91 Å². The van der Waals surface area contributed by atoms with E-state index in [2.05, 4.69) is 5.32 Å². The van der Waals surface area contributed by atoms with E-state index >= 15 is 0 Å². The summed E-state index contributed by atoms with van der Waals surface area (Å²) in [5.41, 5.74) is 0.637. The summed E-state index contributed by atoms with van der Waals surface area (Å²) >= 11 is 1.21. The van der Waals surface area contributed by atoms with Crippen molar-refractivity contribution in [3.8, 4) is 0 Å². The first kappa shape index (κ1) is 22.8. The van der Waals surface area contributed by atoms with E-state index in [4.69, 9.17) is 0 Å². The van der Waals surface area contributed by atoms with Crippen LogP contribution in [0.4, 0.5) is 4.39 Å². The molecule has 0 aliphatic carbocycles. The van der Waals surface area contributed by atoms with Gasteiger partial charge in [0.15, 0.2) is 9.84 Å². The van der Waals surface area contributed by atoms with Gasteiger partial charge in [-0.3, -0.25) is 19.3 Å². The molecule has 3 aromatic rings. The van der Waals surface area contributed by atoms with Gasteiger partial charge in [0, 0.05) is 11.4 Å². The third-order valence-electron chi connectivity index (χ3n) is 5.36. The van der Waals surface area contributed by atoms with E-state index in [0.29, 0.717) is 4.88 Å². The van der Waals surface area contributed by atoms with Gasteiger partial charge < -0.3 is 5.32 Å². The highest BCUT2D eigenvalue weighted by atomic mass is 32.2. The molecule has 0 radical (unpaired) electrons. The highest BCUT2D eigenvalue weighted by Gasteiger charge is 2.37. The van der Waals surface area contributed by atoms with Crippen molar-refractivity contribution in [3.63, 3.8) is 0 Å². The second-order valence-corrected chi connectivity index (χ2v) is 10.6. The Kier molecular flexibility index (Phi) is 6.13. The topological polar surface area (TPSA) is 101 Å². The molecule has 0 saturated heterocycles. The molecule has 0 fully saturated rings. The lowest BCUT2D eigenvalue weighted by atomic mass is 10.1. The number of aryl methyl sites for hydroxylation is 1. The van der Waals surface area contributed by atoms with Crippen molar-refractivity contribution in [2.75, 3.05) is 13.1 Å². The Hall–Kier alpha value is -3.37. The quantitative estimate of drug-likeness (QED) is 0.409. The number of thiophene rings is 1. The van der Waals surface area contributed by atoms with E-state index in [1.807, 2.05) is 0 Å². The molecule has 0 bridgehead atoms. The smallest absolute Gasteiger partial charge is 0.262 e. The number of fused-ring (bicyclic) bond motifs is 1. The van der Waals surface area contributed by atoms with Crippen LogP contribution in [0.25, 0.3) is 0 Å². The Bertz CT molecular complexity index is 1320. The van der Waals surface area contributed by atoms with Crippen molar-refractivity contribution in [3.05, 3.63) is 87.4 Å². The molecule has 3 amide bonds. The van der Waals surface area contributed by atoms with E-state index in [-0.39, 0.29) is 28.1 Å². The predicted octanol–water partition coefficient (Wildman–Crippen LogP) is 3.12. The van der Waals surface area contributed by atoms with Gasteiger partial charge in [-0.2, -0.15) is 0 Å². The van der Waals surface area contributed by atoms with Crippen LogP contribution in [0, 0.1) is 12.7 Å². The first-order valence-electron chi connectivity index (χ1n) is 9.95. The number of halogens is 1. The molecule has 170 valence electrons. The fourth-order valence-electron chi connectivity index (χ4n) is 3.58. The monoisotopic (exact) mass is 486 g/mol. The van der Waals surface area contributed by atoms with Crippen molar-refractivity contribution < 1.29 is 27.2 Å². The van der Waals surface area contributed by atoms with Crippen molar-refractivity contribution >= 4 is 38.9 Å². The van der Waals surface area contributed by atoms with Crippen molar-refractivity contribution in [2.24, 2.45) is 0 Å². The zero-order valence-electron chi connectivity index (χ0n) is 17.4. The number of hydrogen-bond donors (Lipinski definition) is 1. The summed E-state index contributed by atoms with van der Waals surface area (Å²) in [6.45, 7) is 0.666. The third kappa shape index (κ3) is 4.31. The molecule has 10 heteroatoms. The summed E-state index contributed by atoms with van der Waals surface area (Å²) in [7, 11) is -3.97. The standard InChI is InChI=1S/C23H19FN2O5S2/c1-14-11-15(8-9-18(14)24)33(30,31)20(19-7-4-10-32-19)12-25-21(27)13-26-22(28)16-5-2-3-6-17(16)23(26)29/h2-11,20H,12-13H2,1H3,(H,25,27)/t20-/m1/s1. The summed E-state index contributed by atoms with van der Waals surface area (Å²) in [5.74, 6) is -2.34. The summed E-state index contributed by atoms with van der Waals surface area (Å²) in [6.07, 6.45) is 0. The molecular formula is C23H19FN2O5S2. The molecule has 7 nitrogen and oxygen atoms in total. The van der Waals surface area contributed by atoms with Crippen LogP contribution < -0.4 is 5.32 Å². The number of imide groups is 1. The van der Waals surface area contributed by atoms with Gasteiger partial charge in [0.1, 0.15) is 17.6 Å². The lowest BCUT2D eigenvalue weighted by Crippen LogP contribution is -2.42. The predicted molar refractivity (Wildman–Crippen MR) is 120 cm³/mol. The zero-order chi connectivity index (χ0) is 23.8. The Balaban J connectivity index is 1.52. The molecule has 4 rings (SSSR count). The van der Waals surface area contributed by atoms with E-state index in [9.17, 15) is 27.2 Å². The SMILES string of the molecule is Cc1cc(S(=O)(=O)[C@H](CNC(=O)CN2C(=O)c3ccccc3C2=O)c2cccs2)ccc1F. The van der Waals surface area contributed by atoms with Crippen LogP contribution in [-0.2, 0) is 14.6 Å². The Morgan fingerprint density at radius 2 is 1.73 bits per heavy atom. The maximum Gasteiger partial charge on any atom is 0.262 e. The Labute approximate surface area is 193 Å². The van der Waals surface area contributed by atoms with Gasteiger partial charge in [0.05, 0.1) is 16.0 Å². The molecule has 1 atom stereocenters. The van der Waals surface area contributed by atoms with Crippen LogP contribution in [0.1, 0.15) is 36.4 Å². The van der Waals surface area contributed by atoms with E-state index in [1.54, 1.807) is 29.6 Å². The summed E-state index contributed by atoms with van der Waals surface area (Å²) in [4.78, 5) is 38.8. The number of amides is 3. The van der Waals surface area contributed by atoms with Crippen LogP contribution in [-0.4, -0.2) is 44.1 Å². The zero-order valence-corrected chi connectivity index (χ0v) is 19.1. The second kappa shape index (κ2) is 8.87. The highest BCUT2D eigenvalue weighted by Crippen LogP contribution is 2.32. The molecule has 0 saturated carbocycles. The fraction of sp³-hybridized carbons (Fsp3) is 0.174. The summed E-state index contributed by atoms with van der Waals surface area (Å²) in [6, 6.07) is 13.1. The normalized spacial score (nSPS) is 14.3. The van der Waals surface area contributed by atoms with Crippen molar-refractivity contribution in [1.82, 2.24) is 10.2 Å². The van der Waals surface area contributed by atoms with Gasteiger partial charge in [-0.1, -0.05) is 18.2 Å². The molecule has 1 aliphatic rings. The number of sulfone groups is 1. The maximum atomic E-state index is 13.7. The average molecular weight is 487 g/mol. The van der Waals surface area contributed by atoms with Crippen molar-refractivity contribution in [1.29, 1.82) is 0 Å². The number of nitrogens with zero attached hydrogens (tertiary/aromatic N) is 1. The first-order chi connectivity index (χ1) is 15.7. The minimum absolute atomic E-state index is 0.0607. The molecule has 2 heterocycles. The van der Waals surface area contributed by atoms with E-state index < -0.39 is 45.2 Å². The third-order valence-corrected chi connectivity index (χ3v) is 8.57. The summed E-state index contributed by atoms with van der Waals surface area (Å²) in [5, 5.41) is 3.14. The van der Waals surface area contributed by atoms with Gasteiger partial charge in [-0.05, 0) is 54.3 Å². The molecule has 1 aliphatic heterocycles. The van der Waals surface area contributed by atoms with Crippen molar-refractivity contribution in [2.45, 2.75) is 17.1 Å². The number of rotatable bonds is 7. The number of carbonyl (C=O) groups excluding carboxylic acids is 3. The van der Waals surface area contributed by atoms with E-state index in [1.165, 1.54) is 42.5 Å². The van der Waals surface area contributed by atoms with Gasteiger partial charge in [-0.15, -0.1) is 11.3 Å². The van der Waals surface area contributed by atoms with Gasteiger partial charge in [0.25, 0.3) is 11.8 Å². The molecule has 1 aromatic heterocycles.